The Kier molecular flexibility index (Phi) is 11.6. The van der Waals surface area contributed by atoms with Gasteiger partial charge < -0.3 is 19.0 Å². The maximum Gasteiger partial charge on any atom is 0.410 e. The zero-order valence-electron chi connectivity index (χ0n) is 31.8. The van der Waals surface area contributed by atoms with Gasteiger partial charge in [0.15, 0.2) is 24.9 Å². The molecule has 2 atom stereocenters. The van der Waals surface area contributed by atoms with Gasteiger partial charge in [-0.25, -0.2) is 32.3 Å². The van der Waals surface area contributed by atoms with E-state index in [4.69, 9.17) is 20.8 Å². The summed E-state index contributed by atoms with van der Waals surface area (Å²) in [5, 5.41) is -0.502. The normalized spacial score (nSPS) is 17.8. The van der Waals surface area contributed by atoms with Gasteiger partial charge in [0.05, 0.1) is 23.4 Å². The highest BCUT2D eigenvalue weighted by Crippen LogP contribution is 2.39. The summed E-state index contributed by atoms with van der Waals surface area (Å²) < 4.78 is 58.7. The Morgan fingerprint density at radius 1 is 1.08 bits per heavy atom. The second kappa shape index (κ2) is 14.7. The van der Waals surface area contributed by atoms with E-state index in [9.17, 15) is 9.59 Å². The van der Waals surface area contributed by atoms with Gasteiger partial charge in [-0.15, -0.1) is 0 Å². The number of alkyl halides is 2. The maximum atomic E-state index is 15.4. The summed E-state index contributed by atoms with van der Waals surface area (Å²) in [5.74, 6) is -4.03. The van der Waals surface area contributed by atoms with Crippen molar-refractivity contribution < 1.29 is 27.1 Å². The Morgan fingerprint density at radius 2 is 1.73 bits per heavy atom. The first-order chi connectivity index (χ1) is 23.3. The fourth-order valence-corrected chi connectivity index (χ4v) is 6.93. The number of carbonyl (C=O) groups excluding carboxylic acids is 1. The van der Waals surface area contributed by atoms with E-state index in [0.29, 0.717) is 11.3 Å². The summed E-state index contributed by atoms with van der Waals surface area (Å²) in [6.07, 6.45) is 0.406. The third-order valence-corrected chi connectivity index (χ3v) is 14.4. The zero-order valence-corrected chi connectivity index (χ0v) is 33.6. The molecule has 4 heterocycles. The summed E-state index contributed by atoms with van der Waals surface area (Å²) in [6, 6.07) is 2.08. The second-order valence-electron chi connectivity index (χ2n) is 16.4. The summed E-state index contributed by atoms with van der Waals surface area (Å²) in [6.45, 7) is 22.5. The minimum atomic E-state index is -3.15. The minimum absolute atomic E-state index is 0.00925. The van der Waals surface area contributed by atoms with Crippen LogP contribution < -0.4 is 10.6 Å². The van der Waals surface area contributed by atoms with Crippen molar-refractivity contribution in [2.75, 3.05) is 24.6 Å². The van der Waals surface area contributed by atoms with Gasteiger partial charge in [0.2, 0.25) is 0 Å². The van der Waals surface area contributed by atoms with Gasteiger partial charge in [0, 0.05) is 37.8 Å². The number of aromatic nitrogens is 4. The number of piperazine rings is 1. The van der Waals surface area contributed by atoms with Crippen molar-refractivity contribution in [2.24, 2.45) is 0 Å². The third-order valence-electron chi connectivity index (χ3n) is 9.66. The number of hydrogen-bond donors (Lipinski definition) is 0. The van der Waals surface area contributed by atoms with Gasteiger partial charge in [-0.3, -0.25) is 4.98 Å². The molecule has 3 aromatic heterocycles. The van der Waals surface area contributed by atoms with Crippen LogP contribution in [0.15, 0.2) is 23.1 Å². The highest BCUT2D eigenvalue weighted by molar-refractivity contribution is 6.74. The van der Waals surface area contributed by atoms with Crippen LogP contribution in [0.4, 0.5) is 23.8 Å². The molecule has 0 saturated carbocycles. The van der Waals surface area contributed by atoms with Gasteiger partial charge in [0.1, 0.15) is 11.4 Å². The van der Waals surface area contributed by atoms with E-state index in [1.807, 2.05) is 66.5 Å². The predicted molar refractivity (Wildman–Crippen MR) is 198 cm³/mol. The van der Waals surface area contributed by atoms with E-state index >= 15 is 13.2 Å². The Hall–Kier alpha value is -3.23. The average Bonchev–Trinajstić information content (AvgIpc) is 2.99. The number of carbonyl (C=O) groups is 1. The quantitative estimate of drug-likeness (QED) is 0.158. The fraction of sp³-hybridized carbons (Fsp3) is 0.639. The van der Waals surface area contributed by atoms with E-state index in [1.165, 1.54) is 16.8 Å². The molecule has 1 aliphatic rings. The molecule has 4 rings (SSSR count). The number of aryl methyl sites for hydroxylation is 1. The third kappa shape index (κ3) is 9.05. The highest BCUT2D eigenvalue weighted by atomic mass is 35.5. The molecule has 282 valence electrons. The lowest BCUT2D eigenvalue weighted by Gasteiger charge is -2.44. The number of amides is 1. The van der Waals surface area contributed by atoms with Crippen molar-refractivity contribution in [3.63, 3.8) is 0 Å². The maximum absolute atomic E-state index is 15.4. The number of nitrogens with zero attached hydrogens (tertiary/aromatic N) is 6. The van der Waals surface area contributed by atoms with Crippen LogP contribution in [0, 0.1) is 5.82 Å². The summed E-state index contributed by atoms with van der Waals surface area (Å²) in [7, 11) is -2.43. The molecule has 1 saturated heterocycles. The molecular formula is C36H52ClF3N6O4Si. The van der Waals surface area contributed by atoms with Crippen molar-refractivity contribution >= 4 is 42.9 Å². The SMILES string of the molecule is CC(C)c1nccc(CCC(F)(F)CO[Si](C)(C)C(C)(C)C)c1-n1c(=O)nc(N2C[C@@H](C)N(C(=O)OC(C)(C)C)C[C@@H]2C)c2cc(F)c(Cl)nc21. The molecule has 1 fully saturated rings. The van der Waals surface area contributed by atoms with Crippen molar-refractivity contribution in [2.45, 2.75) is 130 Å². The lowest BCUT2D eigenvalue weighted by molar-refractivity contribution is -0.0512. The molecule has 10 nitrogen and oxygen atoms in total. The molecule has 0 unspecified atom stereocenters. The monoisotopic (exact) mass is 752 g/mol. The molecule has 0 radical (unpaired) electrons. The van der Waals surface area contributed by atoms with Crippen LogP contribution in [0.2, 0.25) is 23.3 Å². The first-order valence-corrected chi connectivity index (χ1v) is 20.7. The van der Waals surface area contributed by atoms with Crippen LogP contribution in [0.3, 0.4) is 0 Å². The first kappa shape index (κ1) is 40.5. The van der Waals surface area contributed by atoms with E-state index in [1.54, 1.807) is 31.7 Å². The molecule has 0 aliphatic carbocycles. The summed E-state index contributed by atoms with van der Waals surface area (Å²) >= 11 is 6.24. The number of ether oxygens (including phenoxy) is 1. The van der Waals surface area contributed by atoms with Crippen molar-refractivity contribution in [3.8, 4) is 5.69 Å². The van der Waals surface area contributed by atoms with Crippen molar-refractivity contribution in [1.29, 1.82) is 0 Å². The fourth-order valence-electron chi connectivity index (χ4n) is 5.79. The topological polar surface area (TPSA) is 103 Å². The molecule has 0 aromatic carbocycles. The lowest BCUT2D eigenvalue weighted by Crippen LogP contribution is -2.59. The predicted octanol–water partition coefficient (Wildman–Crippen LogP) is 8.52. The van der Waals surface area contributed by atoms with E-state index in [-0.39, 0.29) is 65.1 Å². The van der Waals surface area contributed by atoms with E-state index in [2.05, 4.69) is 15.0 Å². The van der Waals surface area contributed by atoms with Crippen LogP contribution in [0.5, 0.6) is 0 Å². The average molecular weight is 753 g/mol. The Morgan fingerprint density at radius 3 is 2.31 bits per heavy atom. The number of pyridine rings is 2. The van der Waals surface area contributed by atoms with Crippen LogP contribution >= 0.6 is 11.6 Å². The Bertz CT molecular complexity index is 1830. The molecular weight excluding hydrogens is 701 g/mol. The molecule has 0 N–H and O–H groups in total. The lowest BCUT2D eigenvalue weighted by atomic mass is 9.99. The van der Waals surface area contributed by atoms with Gasteiger partial charge in [0.25, 0.3) is 5.92 Å². The van der Waals surface area contributed by atoms with Crippen LogP contribution in [0.1, 0.15) is 92.8 Å². The van der Waals surface area contributed by atoms with Gasteiger partial charge in [-0.05, 0) is 82.8 Å². The molecule has 1 amide bonds. The number of rotatable bonds is 9. The standard InChI is InChI=1S/C36H52ClF3N6O4Si/c1-21(2)27-28(24(14-16-41-27)13-15-36(39,40)20-49-51(11,12)35(8,9)10)46-31-25(17-26(38)29(37)42-31)30(43-32(46)47)44-18-23(4)45(19-22(44)3)33(48)50-34(5,6)7/h14,16-17,21-23H,13,15,18-20H2,1-12H3/t22-,23+/m0/s1. The first-order valence-electron chi connectivity index (χ1n) is 17.4. The molecule has 0 spiro atoms. The van der Waals surface area contributed by atoms with Gasteiger partial charge in [-0.2, -0.15) is 4.98 Å². The second-order valence-corrected chi connectivity index (χ2v) is 21.6. The summed E-state index contributed by atoms with van der Waals surface area (Å²) in [4.78, 5) is 44.0. The highest BCUT2D eigenvalue weighted by Gasteiger charge is 2.41. The smallest absolute Gasteiger partial charge is 0.410 e. The van der Waals surface area contributed by atoms with E-state index in [0.717, 1.165) is 0 Å². The largest absolute Gasteiger partial charge is 0.444 e. The van der Waals surface area contributed by atoms with Gasteiger partial charge in [-0.1, -0.05) is 46.2 Å². The van der Waals surface area contributed by atoms with Crippen molar-refractivity contribution in [3.05, 3.63) is 51.0 Å². The van der Waals surface area contributed by atoms with Crippen LogP contribution in [-0.2, 0) is 15.6 Å². The van der Waals surface area contributed by atoms with Crippen LogP contribution in [-0.4, -0.2) is 82.1 Å². The number of fused-ring (bicyclic) bond motifs is 1. The molecule has 1 aliphatic heterocycles. The van der Waals surface area contributed by atoms with Crippen LogP contribution in [0.25, 0.3) is 16.7 Å². The zero-order chi connectivity index (χ0) is 38.4. The summed E-state index contributed by atoms with van der Waals surface area (Å²) in [5.41, 5.74) is -0.290. The minimum Gasteiger partial charge on any atom is -0.444 e. The Labute approximate surface area is 304 Å². The van der Waals surface area contributed by atoms with E-state index < -0.39 is 55.6 Å². The molecule has 3 aromatic rings. The Balaban J connectivity index is 1.81. The molecule has 15 heteroatoms. The number of hydrogen-bond acceptors (Lipinski definition) is 8. The molecule has 0 bridgehead atoms. The number of anilines is 1. The number of halogens is 4. The van der Waals surface area contributed by atoms with Gasteiger partial charge >= 0.3 is 11.8 Å². The van der Waals surface area contributed by atoms with Crippen molar-refractivity contribution in [1.82, 2.24) is 24.4 Å². The molecule has 51 heavy (non-hydrogen) atoms.